The lowest BCUT2D eigenvalue weighted by Gasteiger charge is -2.31. The number of nitrogens with one attached hydrogen (secondary N) is 1. The molecule has 0 amide bonds. The molecule has 5 rings (SSSR count). The van der Waals surface area contributed by atoms with Gasteiger partial charge in [0.05, 0.1) is 17.6 Å². The average Bonchev–Trinajstić information content (AvgIpc) is 3.68. The molecule has 0 spiro atoms. The van der Waals surface area contributed by atoms with E-state index in [1.165, 1.54) is 23.5 Å². The lowest BCUT2D eigenvalue weighted by atomic mass is 9.93. The number of carboxylic acids is 4. The number of hydrogen-bond donors (Lipinski definition) is 5. The number of likely N-dealkylation sites (tertiary alicyclic amines) is 1. The second-order valence-corrected chi connectivity index (χ2v) is 11.5. The van der Waals surface area contributed by atoms with Gasteiger partial charge in [0.2, 0.25) is 0 Å². The van der Waals surface area contributed by atoms with Crippen molar-refractivity contribution in [3.8, 4) is 0 Å². The number of aromatic nitrogens is 3. The monoisotopic (exact) mass is 701 g/mol. The Morgan fingerprint density at radius 3 is 2.12 bits per heavy atom. The minimum absolute atomic E-state index is 0.213. The minimum Gasteiger partial charge on any atom is -0.473 e. The van der Waals surface area contributed by atoms with E-state index >= 15 is 0 Å². The number of piperidine rings is 1. The van der Waals surface area contributed by atoms with Gasteiger partial charge in [0, 0.05) is 31.4 Å². The molecule has 2 aromatic carbocycles. The number of anilines is 1. The SMILES string of the molecule is CCOC(=O)c1csc(NCCN2CCC(Cc3nc4ccccc4n3Cc3ccc(F)cc3)CC2)n1.O=C(O)C(=O)O.O=C(O)C(=O)O. The number of benzene rings is 2. The van der Waals surface area contributed by atoms with Gasteiger partial charge in [-0.2, -0.15) is 0 Å². The van der Waals surface area contributed by atoms with Crippen molar-refractivity contribution in [2.75, 3.05) is 38.1 Å². The molecule has 0 unspecified atom stereocenters. The molecule has 0 atom stereocenters. The third-order valence-corrected chi connectivity index (χ3v) is 8.02. The van der Waals surface area contributed by atoms with Crippen molar-refractivity contribution in [1.29, 1.82) is 0 Å². The van der Waals surface area contributed by atoms with Crippen LogP contribution in [0.15, 0.2) is 53.9 Å². The highest BCUT2D eigenvalue weighted by Crippen LogP contribution is 2.25. The van der Waals surface area contributed by atoms with Crippen LogP contribution >= 0.6 is 11.3 Å². The second kappa shape index (κ2) is 18.8. The first-order chi connectivity index (χ1) is 23.4. The summed E-state index contributed by atoms with van der Waals surface area (Å²) in [5.41, 5.74) is 3.57. The number of hydrogen-bond acceptors (Lipinski definition) is 11. The summed E-state index contributed by atoms with van der Waals surface area (Å²) in [4.78, 5) is 60.0. The first-order valence-corrected chi connectivity index (χ1v) is 16.0. The van der Waals surface area contributed by atoms with Crippen molar-refractivity contribution in [2.24, 2.45) is 5.92 Å². The fraction of sp³-hybridized carbons (Fsp3) is 0.344. The predicted molar refractivity (Wildman–Crippen MR) is 175 cm³/mol. The average molecular weight is 702 g/mol. The Morgan fingerprint density at radius 2 is 1.53 bits per heavy atom. The lowest BCUT2D eigenvalue weighted by molar-refractivity contribution is -0.159. The molecule has 4 aromatic rings. The van der Waals surface area contributed by atoms with Crippen LogP contribution in [0.5, 0.6) is 0 Å². The number of aliphatic carboxylic acids is 4. The molecule has 1 aliphatic heterocycles. The van der Waals surface area contributed by atoms with E-state index in [-0.39, 0.29) is 11.8 Å². The molecule has 49 heavy (non-hydrogen) atoms. The number of para-hydroxylation sites is 2. The van der Waals surface area contributed by atoms with Crippen LogP contribution in [-0.4, -0.2) is 102 Å². The van der Waals surface area contributed by atoms with Gasteiger partial charge in [-0.1, -0.05) is 24.3 Å². The van der Waals surface area contributed by atoms with Crippen molar-refractivity contribution >= 4 is 57.3 Å². The van der Waals surface area contributed by atoms with Gasteiger partial charge in [-0.25, -0.2) is 38.3 Å². The summed E-state index contributed by atoms with van der Waals surface area (Å²) in [6, 6.07) is 15.0. The molecule has 2 aromatic heterocycles. The predicted octanol–water partition coefficient (Wildman–Crippen LogP) is 3.53. The quantitative estimate of drug-likeness (QED) is 0.118. The highest BCUT2D eigenvalue weighted by Gasteiger charge is 2.22. The number of thiazole rings is 1. The zero-order chi connectivity index (χ0) is 35.9. The molecule has 0 bridgehead atoms. The number of ether oxygens (including phenoxy) is 1. The molecule has 15 nitrogen and oxygen atoms in total. The molecular weight excluding hydrogens is 665 g/mol. The summed E-state index contributed by atoms with van der Waals surface area (Å²) in [6.07, 6.45) is 3.20. The Balaban J connectivity index is 0.000000465. The molecule has 1 fully saturated rings. The van der Waals surface area contributed by atoms with Gasteiger partial charge in [0.15, 0.2) is 10.8 Å². The smallest absolute Gasteiger partial charge is 0.414 e. The van der Waals surface area contributed by atoms with Crippen molar-refractivity contribution in [2.45, 2.75) is 32.7 Å². The van der Waals surface area contributed by atoms with Crippen molar-refractivity contribution in [3.05, 3.63) is 76.8 Å². The van der Waals surface area contributed by atoms with Crippen LogP contribution < -0.4 is 5.32 Å². The number of carbonyl (C=O) groups excluding carboxylic acids is 1. The topological polar surface area (TPSA) is 221 Å². The van der Waals surface area contributed by atoms with Crippen molar-refractivity contribution in [1.82, 2.24) is 19.4 Å². The number of halogens is 1. The summed E-state index contributed by atoms with van der Waals surface area (Å²) in [5, 5.41) is 35.4. The van der Waals surface area contributed by atoms with Crippen LogP contribution in [0.2, 0.25) is 0 Å². The van der Waals surface area contributed by atoms with Gasteiger partial charge in [-0.05, 0) is 68.6 Å². The highest BCUT2D eigenvalue weighted by molar-refractivity contribution is 7.13. The Bertz CT molecular complexity index is 1690. The van der Waals surface area contributed by atoms with E-state index in [9.17, 15) is 9.18 Å². The van der Waals surface area contributed by atoms with Gasteiger partial charge in [-0.3, -0.25) is 0 Å². The number of fused-ring (bicyclic) bond motifs is 1. The van der Waals surface area contributed by atoms with Gasteiger partial charge in [-0.15, -0.1) is 11.3 Å². The van der Waals surface area contributed by atoms with Crippen molar-refractivity contribution in [3.63, 3.8) is 0 Å². The fourth-order valence-electron chi connectivity index (χ4n) is 4.88. The molecule has 1 saturated heterocycles. The summed E-state index contributed by atoms with van der Waals surface area (Å²) in [6.45, 7) is 6.65. The Kier molecular flexibility index (Phi) is 14.6. The number of rotatable bonds is 10. The van der Waals surface area contributed by atoms with Crippen LogP contribution in [0.4, 0.5) is 9.52 Å². The van der Waals surface area contributed by atoms with Crippen LogP contribution in [0.1, 0.15) is 41.6 Å². The maximum Gasteiger partial charge on any atom is 0.414 e. The molecule has 0 aliphatic carbocycles. The maximum absolute atomic E-state index is 13.4. The van der Waals surface area contributed by atoms with E-state index in [1.54, 1.807) is 12.3 Å². The van der Waals surface area contributed by atoms with E-state index in [4.69, 9.17) is 49.3 Å². The summed E-state index contributed by atoms with van der Waals surface area (Å²) in [5.74, 6) is -6.20. The molecule has 17 heteroatoms. The second-order valence-electron chi connectivity index (χ2n) is 10.6. The molecule has 5 N–H and O–H groups in total. The van der Waals surface area contributed by atoms with Crippen LogP contribution in [0.25, 0.3) is 11.0 Å². The number of carbonyl (C=O) groups is 5. The van der Waals surface area contributed by atoms with Gasteiger partial charge in [0.25, 0.3) is 0 Å². The number of nitrogens with zero attached hydrogens (tertiary/aromatic N) is 4. The van der Waals surface area contributed by atoms with Gasteiger partial charge >= 0.3 is 29.8 Å². The molecule has 0 radical (unpaired) electrons. The Morgan fingerprint density at radius 1 is 0.918 bits per heavy atom. The third-order valence-electron chi connectivity index (χ3n) is 7.22. The van der Waals surface area contributed by atoms with Crippen molar-refractivity contribution < 1.29 is 53.5 Å². The van der Waals surface area contributed by atoms with Gasteiger partial charge < -0.3 is 39.9 Å². The van der Waals surface area contributed by atoms with Gasteiger partial charge in [0.1, 0.15) is 11.6 Å². The largest absolute Gasteiger partial charge is 0.473 e. The van der Waals surface area contributed by atoms with E-state index in [2.05, 4.69) is 31.9 Å². The molecular formula is C32H36FN5O10S. The van der Waals surface area contributed by atoms with Crippen LogP contribution in [0, 0.1) is 11.7 Å². The first-order valence-electron chi connectivity index (χ1n) is 15.1. The normalized spacial score (nSPS) is 12.9. The summed E-state index contributed by atoms with van der Waals surface area (Å²) < 4.78 is 20.7. The maximum atomic E-state index is 13.4. The fourth-order valence-corrected chi connectivity index (χ4v) is 5.59. The minimum atomic E-state index is -1.82. The Hall–Kier alpha value is -5.42. The summed E-state index contributed by atoms with van der Waals surface area (Å²) >= 11 is 1.43. The zero-order valence-electron chi connectivity index (χ0n) is 26.5. The Labute approximate surface area is 283 Å². The number of carboxylic acid groups (broad SMARTS) is 4. The van der Waals surface area contributed by atoms with Crippen LogP contribution in [0.3, 0.4) is 0 Å². The molecule has 262 valence electrons. The zero-order valence-corrected chi connectivity index (χ0v) is 27.3. The van der Waals surface area contributed by atoms with E-state index in [0.717, 1.165) is 73.0 Å². The standard InChI is InChI=1S/C28H32FN5O2S.2C2H2O4/c1-2-36-27(35)24-19-37-28(32-24)30-13-16-33-14-11-20(12-15-33)17-26-31-23-5-3-4-6-25(23)34(26)18-21-7-9-22(29)10-8-21;2*3-1(4)2(5)6/h3-10,19-20H,2,11-18H2,1H3,(H,30,32);2*(H,3,4)(H,5,6). The lowest BCUT2D eigenvalue weighted by Crippen LogP contribution is -2.37. The third kappa shape index (κ3) is 12.3. The van der Waals surface area contributed by atoms with E-state index < -0.39 is 23.9 Å². The number of imidazole rings is 1. The first kappa shape index (κ1) is 38.0. The van der Waals surface area contributed by atoms with E-state index in [0.29, 0.717) is 24.8 Å². The van der Waals surface area contributed by atoms with E-state index in [1.807, 2.05) is 24.3 Å². The van der Waals surface area contributed by atoms with Crippen LogP contribution in [-0.2, 0) is 36.9 Å². The highest BCUT2D eigenvalue weighted by atomic mass is 32.1. The molecule has 3 heterocycles. The molecule has 1 aliphatic rings. The number of esters is 1. The summed E-state index contributed by atoms with van der Waals surface area (Å²) in [7, 11) is 0. The molecule has 0 saturated carbocycles.